The van der Waals surface area contributed by atoms with Crippen molar-refractivity contribution in [2.45, 2.75) is 45.1 Å². The molecule has 1 aliphatic carbocycles. The lowest BCUT2D eigenvalue weighted by Crippen LogP contribution is -2.47. The second-order valence-corrected chi connectivity index (χ2v) is 6.78. The highest BCUT2D eigenvalue weighted by Crippen LogP contribution is 2.28. The summed E-state index contributed by atoms with van der Waals surface area (Å²) in [6.07, 6.45) is 5.28. The van der Waals surface area contributed by atoms with E-state index >= 15 is 0 Å². The number of halogens is 1. The predicted molar refractivity (Wildman–Crippen MR) is 87.9 cm³/mol. The molecule has 1 atom stereocenters. The molecule has 1 unspecified atom stereocenters. The van der Waals surface area contributed by atoms with Crippen LogP contribution in [0, 0.1) is 11.8 Å². The van der Waals surface area contributed by atoms with Crippen molar-refractivity contribution < 1.29 is 9.59 Å². The minimum Gasteiger partial charge on any atom is -0.342 e. The summed E-state index contributed by atoms with van der Waals surface area (Å²) >= 11 is 0. The van der Waals surface area contributed by atoms with Crippen molar-refractivity contribution in [3.05, 3.63) is 0 Å². The van der Waals surface area contributed by atoms with E-state index in [9.17, 15) is 9.59 Å². The van der Waals surface area contributed by atoms with Crippen molar-refractivity contribution in [1.29, 1.82) is 0 Å². The summed E-state index contributed by atoms with van der Waals surface area (Å²) in [4.78, 5) is 28.0. The van der Waals surface area contributed by atoms with Gasteiger partial charge in [0.1, 0.15) is 0 Å². The molecule has 0 aromatic rings. The van der Waals surface area contributed by atoms with E-state index in [1.54, 1.807) is 4.90 Å². The molecule has 0 bridgehead atoms. The summed E-state index contributed by atoms with van der Waals surface area (Å²) < 4.78 is 0. The Balaban J connectivity index is 0.00000176. The lowest BCUT2D eigenvalue weighted by Gasteiger charge is -2.34. The van der Waals surface area contributed by atoms with E-state index in [1.807, 2.05) is 11.8 Å². The molecular formula is C16H28ClN3O2. The monoisotopic (exact) mass is 329 g/mol. The summed E-state index contributed by atoms with van der Waals surface area (Å²) in [5, 5.41) is 3.64. The number of hydrogen-bond acceptors (Lipinski definition) is 3. The number of nitrogens with zero attached hydrogens (tertiary/aromatic N) is 2. The van der Waals surface area contributed by atoms with E-state index in [1.165, 1.54) is 12.8 Å². The first-order valence-corrected chi connectivity index (χ1v) is 8.47. The number of hydrogen-bond donors (Lipinski definition) is 1. The van der Waals surface area contributed by atoms with Crippen molar-refractivity contribution in [2.75, 3.05) is 32.7 Å². The summed E-state index contributed by atoms with van der Waals surface area (Å²) in [6.45, 7) is 6.16. The number of carbonyl (C=O) groups excluding carboxylic acids is 2. The molecule has 3 aliphatic rings. The highest BCUT2D eigenvalue weighted by molar-refractivity contribution is 5.89. The molecule has 3 fully saturated rings. The summed E-state index contributed by atoms with van der Waals surface area (Å²) in [7, 11) is 0. The number of piperidine rings is 1. The fourth-order valence-electron chi connectivity index (χ4n) is 3.46. The molecule has 5 nitrogen and oxygen atoms in total. The number of carbonyl (C=O) groups is 2. The lowest BCUT2D eigenvalue weighted by molar-refractivity contribution is -0.136. The maximum atomic E-state index is 12.5. The second kappa shape index (κ2) is 7.64. The summed E-state index contributed by atoms with van der Waals surface area (Å²) in [5.74, 6) is 1.14. The Morgan fingerprint density at radius 2 is 1.91 bits per heavy atom. The van der Waals surface area contributed by atoms with Gasteiger partial charge in [-0.05, 0) is 45.1 Å². The van der Waals surface area contributed by atoms with Gasteiger partial charge in [-0.25, -0.2) is 0 Å². The molecule has 0 spiro atoms. The van der Waals surface area contributed by atoms with Crippen LogP contribution < -0.4 is 5.32 Å². The smallest absolute Gasteiger partial charge is 0.227 e. The molecule has 2 aliphatic heterocycles. The van der Waals surface area contributed by atoms with E-state index in [2.05, 4.69) is 5.32 Å². The highest BCUT2D eigenvalue weighted by atomic mass is 35.5. The minimum absolute atomic E-state index is 0. The first-order valence-electron chi connectivity index (χ1n) is 8.47. The van der Waals surface area contributed by atoms with Crippen LogP contribution in [0.4, 0.5) is 0 Å². The lowest BCUT2D eigenvalue weighted by atomic mass is 10.0. The van der Waals surface area contributed by atoms with Crippen molar-refractivity contribution in [3.63, 3.8) is 0 Å². The summed E-state index contributed by atoms with van der Waals surface area (Å²) in [6, 6.07) is 0.576. The van der Waals surface area contributed by atoms with E-state index in [-0.39, 0.29) is 30.1 Å². The number of rotatable bonds is 5. The quantitative estimate of drug-likeness (QED) is 0.826. The number of likely N-dealkylation sites (tertiary alicyclic amines) is 2. The van der Waals surface area contributed by atoms with Crippen LogP contribution in [0.15, 0.2) is 0 Å². The fourth-order valence-corrected chi connectivity index (χ4v) is 3.46. The third kappa shape index (κ3) is 4.13. The topological polar surface area (TPSA) is 52.7 Å². The predicted octanol–water partition coefficient (Wildman–Crippen LogP) is 1.27. The van der Waals surface area contributed by atoms with Gasteiger partial charge in [0.2, 0.25) is 11.8 Å². The zero-order valence-electron chi connectivity index (χ0n) is 13.4. The van der Waals surface area contributed by atoms with E-state index in [0.717, 1.165) is 44.9 Å². The molecule has 6 heteroatoms. The second-order valence-electron chi connectivity index (χ2n) is 6.78. The molecule has 2 amide bonds. The van der Waals surface area contributed by atoms with Crippen molar-refractivity contribution in [2.24, 2.45) is 11.8 Å². The molecule has 0 aromatic heterocycles. The molecule has 0 radical (unpaired) electrons. The number of amides is 2. The summed E-state index contributed by atoms with van der Waals surface area (Å²) in [5.41, 5.74) is 0. The van der Waals surface area contributed by atoms with Crippen LogP contribution in [0.2, 0.25) is 0 Å². The largest absolute Gasteiger partial charge is 0.342 e. The van der Waals surface area contributed by atoms with Crippen LogP contribution in [-0.2, 0) is 9.59 Å². The van der Waals surface area contributed by atoms with Crippen LogP contribution in [0.25, 0.3) is 0 Å². The van der Waals surface area contributed by atoms with E-state index in [4.69, 9.17) is 0 Å². The van der Waals surface area contributed by atoms with Gasteiger partial charge in [0, 0.05) is 38.6 Å². The van der Waals surface area contributed by atoms with Gasteiger partial charge in [0.15, 0.2) is 0 Å². The van der Waals surface area contributed by atoms with Crippen LogP contribution in [-0.4, -0.2) is 60.4 Å². The van der Waals surface area contributed by atoms with Crippen LogP contribution >= 0.6 is 12.4 Å². The van der Waals surface area contributed by atoms with Gasteiger partial charge in [-0.1, -0.05) is 0 Å². The van der Waals surface area contributed by atoms with Crippen LogP contribution in [0.3, 0.4) is 0 Å². The van der Waals surface area contributed by atoms with Crippen molar-refractivity contribution in [3.8, 4) is 0 Å². The normalized spacial score (nSPS) is 26.2. The van der Waals surface area contributed by atoms with Crippen LogP contribution in [0.1, 0.15) is 39.0 Å². The Morgan fingerprint density at radius 1 is 1.23 bits per heavy atom. The molecule has 126 valence electrons. The van der Waals surface area contributed by atoms with Gasteiger partial charge in [-0.15, -0.1) is 12.4 Å². The maximum absolute atomic E-state index is 12.5. The van der Waals surface area contributed by atoms with Gasteiger partial charge in [-0.2, -0.15) is 0 Å². The van der Waals surface area contributed by atoms with E-state index in [0.29, 0.717) is 19.0 Å². The SMILES string of the molecule is CCN1CC(C(=O)N2CCC(NCC3CC3)CC2)CC1=O.Cl. The fraction of sp³-hybridized carbons (Fsp3) is 0.875. The highest BCUT2D eigenvalue weighted by Gasteiger charge is 2.36. The molecule has 0 aromatic carbocycles. The van der Waals surface area contributed by atoms with Crippen molar-refractivity contribution in [1.82, 2.24) is 15.1 Å². The molecular weight excluding hydrogens is 302 g/mol. The van der Waals surface area contributed by atoms with Crippen LogP contribution in [0.5, 0.6) is 0 Å². The maximum Gasteiger partial charge on any atom is 0.227 e. The molecule has 1 saturated carbocycles. The van der Waals surface area contributed by atoms with Gasteiger partial charge < -0.3 is 15.1 Å². The molecule has 1 N–H and O–H groups in total. The molecule has 2 heterocycles. The van der Waals surface area contributed by atoms with E-state index < -0.39 is 0 Å². The Bertz CT molecular complexity index is 406. The zero-order chi connectivity index (χ0) is 14.8. The standard InChI is InChI=1S/C16H27N3O2.ClH/c1-2-18-11-13(9-15(18)20)16(21)19-7-5-14(6-8-19)17-10-12-3-4-12;/h12-14,17H,2-11H2,1H3;1H. The molecule has 22 heavy (non-hydrogen) atoms. The van der Waals surface area contributed by atoms with Gasteiger partial charge in [0.25, 0.3) is 0 Å². The molecule has 2 saturated heterocycles. The Hall–Kier alpha value is -0.810. The first kappa shape index (κ1) is 17.5. The minimum atomic E-state index is -0.103. The third-order valence-electron chi connectivity index (χ3n) is 5.14. The Morgan fingerprint density at radius 3 is 2.45 bits per heavy atom. The average molecular weight is 330 g/mol. The number of nitrogens with one attached hydrogen (secondary N) is 1. The zero-order valence-corrected chi connectivity index (χ0v) is 14.2. The van der Waals surface area contributed by atoms with Gasteiger partial charge in [-0.3, -0.25) is 9.59 Å². The molecule has 3 rings (SSSR count). The Labute approximate surface area is 139 Å². The van der Waals surface area contributed by atoms with Crippen molar-refractivity contribution >= 4 is 24.2 Å². The van der Waals surface area contributed by atoms with Gasteiger partial charge >= 0.3 is 0 Å². The average Bonchev–Trinajstić information content (AvgIpc) is 3.26. The first-order chi connectivity index (χ1) is 10.2. The Kier molecular flexibility index (Phi) is 6.09. The van der Waals surface area contributed by atoms with Gasteiger partial charge in [0.05, 0.1) is 5.92 Å². The third-order valence-corrected chi connectivity index (χ3v) is 5.14.